The molecule has 0 spiro atoms. The normalized spacial score (nSPS) is 44.8. The Balaban J connectivity index is 1.29. The second kappa shape index (κ2) is 22.9. The van der Waals surface area contributed by atoms with Crippen LogP contribution in [0.25, 0.3) is 0 Å². The van der Waals surface area contributed by atoms with E-state index in [1.165, 1.54) is 0 Å². The van der Waals surface area contributed by atoms with E-state index in [2.05, 4.69) is 47.0 Å². The van der Waals surface area contributed by atoms with Crippen molar-refractivity contribution in [1.29, 1.82) is 0 Å². The van der Waals surface area contributed by atoms with Crippen molar-refractivity contribution < 1.29 is 37.9 Å². The van der Waals surface area contributed by atoms with Crippen LogP contribution in [0.3, 0.4) is 0 Å². The fraction of sp³-hybridized carbons (Fsp3) is 1.00. The van der Waals surface area contributed by atoms with Gasteiger partial charge in [-0.15, -0.1) is 0 Å². The summed E-state index contributed by atoms with van der Waals surface area (Å²) in [7, 11) is 15.3. The van der Waals surface area contributed by atoms with Gasteiger partial charge in [-0.1, -0.05) is 0 Å². The first-order valence-corrected chi connectivity index (χ1v) is 24.5. The lowest BCUT2D eigenvalue weighted by molar-refractivity contribution is -0.0578. The van der Waals surface area contributed by atoms with E-state index in [0.717, 1.165) is 97.4 Å². The van der Waals surface area contributed by atoms with Crippen molar-refractivity contribution >= 4 is 47.0 Å². The molecule has 4 aliphatic carbocycles. The zero-order valence-corrected chi connectivity index (χ0v) is 36.7. The van der Waals surface area contributed by atoms with Crippen LogP contribution in [0.2, 0.25) is 0 Å². The van der Waals surface area contributed by atoms with Gasteiger partial charge in [0.15, 0.2) is 0 Å². The second-order valence-electron chi connectivity index (χ2n) is 16.3. The number of hydrogen-bond acceptors (Lipinski definition) is 12. The van der Waals surface area contributed by atoms with Gasteiger partial charge in [0.25, 0.3) is 0 Å². The molecule has 8 unspecified atom stereocenters. The van der Waals surface area contributed by atoms with Crippen molar-refractivity contribution in [2.24, 2.45) is 47.3 Å². The molecule has 0 aromatic carbocycles. The Labute approximate surface area is 333 Å². The molecule has 14 fully saturated rings. The van der Waals surface area contributed by atoms with E-state index in [-0.39, 0.29) is 48.8 Å². The summed E-state index contributed by atoms with van der Waals surface area (Å²) in [4.78, 5) is 0. The molecule has 10 saturated heterocycles. The van der Waals surface area contributed by atoms with E-state index in [1.807, 2.05) is 56.9 Å². The van der Waals surface area contributed by atoms with Crippen LogP contribution in [0.15, 0.2) is 0 Å². The summed E-state index contributed by atoms with van der Waals surface area (Å²) in [6, 6.07) is 0. The molecule has 8 bridgehead atoms. The van der Waals surface area contributed by atoms with E-state index in [0.29, 0.717) is 47.3 Å². The Morgan fingerprint density at radius 2 is 0.346 bits per heavy atom. The van der Waals surface area contributed by atoms with E-state index in [1.54, 1.807) is 0 Å². The van der Waals surface area contributed by atoms with Gasteiger partial charge in [0.2, 0.25) is 0 Å². The first-order chi connectivity index (χ1) is 25.4. The molecule has 0 N–H and O–H groups in total. The monoisotopic (exact) mass is 808 g/mol. The van der Waals surface area contributed by atoms with Gasteiger partial charge >= 0.3 is 0 Å². The van der Waals surface area contributed by atoms with Gasteiger partial charge in [0, 0.05) is 56.9 Å². The highest BCUT2D eigenvalue weighted by Crippen LogP contribution is 2.43. The van der Waals surface area contributed by atoms with E-state index < -0.39 is 0 Å². The summed E-state index contributed by atoms with van der Waals surface area (Å²) < 4.78 is 49.5. The molecule has 0 aromatic rings. The summed E-state index contributed by atoms with van der Waals surface area (Å²) in [6.07, 6.45) is 10.8. The number of thioether (sulfide) groups is 4. The third kappa shape index (κ3) is 11.6. The standard InChI is InChI=1S/C40H72O8S4/c1-41-33-9-26-18-50-20-28-12-38(46-6)30(14-37(28)45-5)22-52-24-32-16-39(47-7)31(15-40(32)48-8)23-51-21-29-13-35(43-3)27(11-36(29)44-4)19-49-17-25(33)10-34(26)42-2/h25-40H,9-24H2,1-8H3/t25-,26-,27-,28-,29-,30-,31-,32-,33?,34?,35?,36?,37?,38?,39?,40?/m1/s1. The van der Waals surface area contributed by atoms with Crippen molar-refractivity contribution in [3.8, 4) is 0 Å². The molecular formula is C40H72O8S4. The molecular weight excluding hydrogens is 737 g/mol. The molecule has 16 atom stereocenters. The third-order valence-corrected chi connectivity index (χ3v) is 18.9. The van der Waals surface area contributed by atoms with Crippen LogP contribution in [-0.2, 0) is 37.9 Å². The highest BCUT2D eigenvalue weighted by Gasteiger charge is 2.43. The average Bonchev–Trinajstić information content (AvgIpc) is 3.17. The number of hydrogen-bond donors (Lipinski definition) is 0. The molecule has 14 rings (SSSR count). The predicted octanol–water partition coefficient (Wildman–Crippen LogP) is 7.16. The molecule has 14 aliphatic rings. The Bertz CT molecular complexity index is 777. The van der Waals surface area contributed by atoms with Gasteiger partial charge in [0.1, 0.15) is 0 Å². The van der Waals surface area contributed by atoms with Gasteiger partial charge in [-0.05, 0) is 145 Å². The zero-order chi connectivity index (χ0) is 37.0. The molecule has 0 aromatic heterocycles. The molecule has 0 amide bonds. The molecule has 12 heteroatoms. The quantitative estimate of drug-likeness (QED) is 0.250. The highest BCUT2D eigenvalue weighted by atomic mass is 32.2. The lowest BCUT2D eigenvalue weighted by Crippen LogP contribution is -2.45. The Morgan fingerprint density at radius 1 is 0.231 bits per heavy atom. The van der Waals surface area contributed by atoms with Gasteiger partial charge in [-0.25, -0.2) is 0 Å². The summed E-state index contributed by atoms with van der Waals surface area (Å²) >= 11 is 8.35. The lowest BCUT2D eigenvalue weighted by atomic mass is 9.79. The number of ether oxygens (including phenoxy) is 8. The molecule has 52 heavy (non-hydrogen) atoms. The molecule has 8 nitrogen and oxygen atoms in total. The van der Waals surface area contributed by atoms with Crippen LogP contribution >= 0.6 is 47.0 Å². The van der Waals surface area contributed by atoms with Gasteiger partial charge < -0.3 is 37.9 Å². The molecule has 304 valence electrons. The van der Waals surface area contributed by atoms with Crippen LogP contribution in [0, 0.1) is 47.3 Å². The van der Waals surface area contributed by atoms with Crippen LogP contribution in [0.1, 0.15) is 51.4 Å². The first-order valence-electron chi connectivity index (χ1n) is 19.9. The minimum Gasteiger partial charge on any atom is -0.381 e. The zero-order valence-electron chi connectivity index (χ0n) is 33.5. The Hall–Kier alpha value is 1.08. The maximum absolute atomic E-state index is 6.19. The van der Waals surface area contributed by atoms with Crippen molar-refractivity contribution in [3.63, 3.8) is 0 Å². The van der Waals surface area contributed by atoms with E-state index in [9.17, 15) is 0 Å². The van der Waals surface area contributed by atoms with Gasteiger partial charge in [-0.3, -0.25) is 0 Å². The Kier molecular flexibility index (Phi) is 19.4. The summed E-state index contributed by atoms with van der Waals surface area (Å²) in [5.41, 5.74) is 0. The minimum absolute atomic E-state index is 0.277. The van der Waals surface area contributed by atoms with Crippen LogP contribution in [-0.4, -0.2) is 152 Å². The smallest absolute Gasteiger partial charge is 0.0612 e. The molecule has 10 aliphatic heterocycles. The average molecular weight is 809 g/mol. The van der Waals surface area contributed by atoms with Crippen molar-refractivity contribution in [2.75, 3.05) is 103 Å². The van der Waals surface area contributed by atoms with E-state index >= 15 is 0 Å². The highest BCUT2D eigenvalue weighted by molar-refractivity contribution is 7.99. The van der Waals surface area contributed by atoms with E-state index in [4.69, 9.17) is 37.9 Å². The third-order valence-electron chi connectivity index (χ3n) is 13.6. The molecule has 4 saturated carbocycles. The minimum atomic E-state index is 0.277. The number of rotatable bonds is 8. The van der Waals surface area contributed by atoms with Crippen LogP contribution in [0.5, 0.6) is 0 Å². The van der Waals surface area contributed by atoms with Crippen molar-refractivity contribution in [1.82, 2.24) is 0 Å². The molecule has 10 heterocycles. The van der Waals surface area contributed by atoms with Crippen LogP contribution in [0.4, 0.5) is 0 Å². The maximum Gasteiger partial charge on any atom is 0.0612 e. The maximum atomic E-state index is 6.19. The topological polar surface area (TPSA) is 73.8 Å². The summed E-state index contributed by atoms with van der Waals surface area (Å²) in [6.45, 7) is 0. The first kappa shape index (κ1) is 44.2. The van der Waals surface area contributed by atoms with Gasteiger partial charge in [0.05, 0.1) is 48.8 Å². The Morgan fingerprint density at radius 3 is 0.442 bits per heavy atom. The van der Waals surface area contributed by atoms with Crippen molar-refractivity contribution in [2.45, 2.75) is 100 Å². The summed E-state index contributed by atoms with van der Waals surface area (Å²) in [5, 5.41) is 0. The van der Waals surface area contributed by atoms with Gasteiger partial charge in [-0.2, -0.15) is 47.0 Å². The van der Waals surface area contributed by atoms with Crippen molar-refractivity contribution in [3.05, 3.63) is 0 Å². The SMILES string of the molecule is COC1C[C@@H]2CSC[C@H]3CC(OC)[C@@H](CSC[C@H]4CC(OC)[C@@H](CSC[C@H]5CC(OC)[C@@H](CSC[C@H]1CC2OC)CC5OC)CC4OC)CC3OC. The van der Waals surface area contributed by atoms with Crippen LogP contribution < -0.4 is 0 Å². The molecule has 0 radical (unpaired) electrons. The fourth-order valence-corrected chi connectivity index (χ4v) is 16.1. The fourth-order valence-electron chi connectivity index (χ4n) is 10.3. The lowest BCUT2D eigenvalue weighted by Gasteiger charge is -2.43. The summed E-state index contributed by atoms with van der Waals surface area (Å²) in [5.74, 6) is 12.8. The second-order valence-corrected chi connectivity index (χ2v) is 20.6. The predicted molar refractivity (Wildman–Crippen MR) is 221 cm³/mol. The largest absolute Gasteiger partial charge is 0.381 e. The number of methoxy groups -OCH3 is 8.